The molecule has 0 heterocycles. The van der Waals surface area contributed by atoms with Gasteiger partial charge in [0.1, 0.15) is 5.82 Å². The van der Waals surface area contributed by atoms with Gasteiger partial charge in [0.2, 0.25) is 0 Å². The Hall–Kier alpha value is -0.580. The third-order valence-electron chi connectivity index (χ3n) is 2.33. The molecule has 16 heavy (non-hydrogen) atoms. The largest absolute Gasteiger partial charge is 0.396 e. The Kier molecular flexibility index (Phi) is 5.25. The first-order valence-corrected chi connectivity index (χ1v) is 6.25. The van der Waals surface area contributed by atoms with Gasteiger partial charge in [-0.25, -0.2) is 4.39 Å². The number of aliphatic hydroxyl groups excluding tert-OH is 1. The van der Waals surface area contributed by atoms with Gasteiger partial charge in [-0.3, -0.25) is 0 Å². The number of halogens is 1. The van der Waals surface area contributed by atoms with Gasteiger partial charge in [0.05, 0.1) is 0 Å². The highest BCUT2D eigenvalue weighted by atomic mass is 32.2. The molecule has 0 aromatic heterocycles. The van der Waals surface area contributed by atoms with E-state index in [1.165, 1.54) is 6.07 Å². The Balaban J connectivity index is 2.90. The van der Waals surface area contributed by atoms with Gasteiger partial charge < -0.3 is 10.8 Å². The Morgan fingerprint density at radius 3 is 2.69 bits per heavy atom. The van der Waals surface area contributed by atoms with E-state index >= 15 is 0 Å². The molecule has 0 bridgehead atoms. The second kappa shape index (κ2) is 6.23. The van der Waals surface area contributed by atoms with Crippen LogP contribution in [-0.2, 0) is 0 Å². The number of nitrogens with two attached hydrogens (primary N) is 1. The van der Waals surface area contributed by atoms with Gasteiger partial charge in [0.25, 0.3) is 0 Å². The lowest BCUT2D eigenvalue weighted by molar-refractivity contribution is 0.289. The van der Waals surface area contributed by atoms with Crippen molar-refractivity contribution >= 4 is 11.8 Å². The van der Waals surface area contributed by atoms with Crippen LogP contribution >= 0.6 is 11.8 Å². The van der Waals surface area contributed by atoms with Gasteiger partial charge in [-0.05, 0) is 25.5 Å². The zero-order chi connectivity index (χ0) is 12.1. The minimum Gasteiger partial charge on any atom is -0.396 e. The van der Waals surface area contributed by atoms with E-state index in [1.54, 1.807) is 24.8 Å². The zero-order valence-electron chi connectivity index (χ0n) is 9.61. The molecule has 0 fully saturated rings. The molecular weight excluding hydrogens is 225 g/mol. The summed E-state index contributed by atoms with van der Waals surface area (Å²) in [4.78, 5) is 0.871. The van der Waals surface area contributed by atoms with Crippen LogP contribution in [0.15, 0.2) is 23.1 Å². The average molecular weight is 243 g/mol. The van der Waals surface area contributed by atoms with Gasteiger partial charge >= 0.3 is 0 Å². The lowest BCUT2D eigenvalue weighted by Gasteiger charge is -2.16. The van der Waals surface area contributed by atoms with E-state index in [0.717, 1.165) is 4.90 Å². The van der Waals surface area contributed by atoms with Crippen LogP contribution < -0.4 is 5.73 Å². The molecule has 0 aliphatic carbocycles. The molecule has 1 aromatic carbocycles. The third kappa shape index (κ3) is 3.47. The van der Waals surface area contributed by atoms with Crippen LogP contribution in [0.3, 0.4) is 0 Å². The highest BCUT2D eigenvalue weighted by molar-refractivity contribution is 8.00. The minimum atomic E-state index is -0.315. The van der Waals surface area contributed by atoms with Crippen LogP contribution in [0.5, 0.6) is 0 Å². The fraction of sp³-hybridized carbons (Fsp3) is 0.500. The van der Waals surface area contributed by atoms with Crippen LogP contribution in [0.25, 0.3) is 0 Å². The van der Waals surface area contributed by atoms with Crippen molar-refractivity contribution in [3.05, 3.63) is 29.6 Å². The van der Waals surface area contributed by atoms with Gasteiger partial charge in [-0.2, -0.15) is 0 Å². The predicted octanol–water partition coefficient (Wildman–Crippen LogP) is 2.71. The van der Waals surface area contributed by atoms with Crippen molar-refractivity contribution in [2.45, 2.75) is 36.5 Å². The van der Waals surface area contributed by atoms with Crippen LogP contribution in [-0.4, -0.2) is 17.0 Å². The van der Waals surface area contributed by atoms with E-state index in [-0.39, 0.29) is 23.7 Å². The molecule has 0 spiro atoms. The van der Waals surface area contributed by atoms with Crippen molar-refractivity contribution in [1.82, 2.24) is 0 Å². The predicted molar refractivity (Wildman–Crippen MR) is 66.0 cm³/mol. The van der Waals surface area contributed by atoms with Crippen molar-refractivity contribution in [1.29, 1.82) is 0 Å². The van der Waals surface area contributed by atoms with E-state index in [2.05, 4.69) is 0 Å². The van der Waals surface area contributed by atoms with Crippen LogP contribution in [0.4, 0.5) is 4.39 Å². The standard InChI is InChI=1S/C12H18FNOS/c1-8(6-7-15)16-11-5-3-4-10(13)12(11)9(2)14/h3-5,8-9,15H,6-7,14H2,1-2H3/t8?,9-/m0/s1. The second-order valence-electron chi connectivity index (χ2n) is 3.88. The van der Waals surface area contributed by atoms with E-state index in [0.29, 0.717) is 12.0 Å². The zero-order valence-corrected chi connectivity index (χ0v) is 10.4. The molecule has 0 saturated carbocycles. The summed E-state index contributed by atoms with van der Waals surface area (Å²) in [7, 11) is 0. The average Bonchev–Trinajstić information content (AvgIpc) is 2.17. The third-order valence-corrected chi connectivity index (χ3v) is 3.58. The van der Waals surface area contributed by atoms with Gasteiger partial charge in [0.15, 0.2) is 0 Å². The normalized spacial score (nSPS) is 14.8. The van der Waals surface area contributed by atoms with Crippen molar-refractivity contribution in [2.24, 2.45) is 5.73 Å². The highest BCUT2D eigenvalue weighted by Crippen LogP contribution is 2.32. The van der Waals surface area contributed by atoms with Crippen molar-refractivity contribution in [3.63, 3.8) is 0 Å². The molecule has 0 aliphatic heterocycles. The number of hydrogen-bond acceptors (Lipinski definition) is 3. The number of rotatable bonds is 5. The topological polar surface area (TPSA) is 46.2 Å². The fourth-order valence-corrected chi connectivity index (χ4v) is 2.74. The summed E-state index contributed by atoms with van der Waals surface area (Å²) < 4.78 is 13.6. The molecule has 4 heteroatoms. The first-order valence-electron chi connectivity index (χ1n) is 5.37. The monoisotopic (exact) mass is 243 g/mol. The molecule has 90 valence electrons. The molecule has 1 unspecified atom stereocenters. The van der Waals surface area contributed by atoms with E-state index < -0.39 is 0 Å². The van der Waals surface area contributed by atoms with Crippen LogP contribution in [0.1, 0.15) is 31.9 Å². The fourth-order valence-electron chi connectivity index (χ4n) is 1.52. The molecule has 2 nitrogen and oxygen atoms in total. The molecule has 0 amide bonds. The number of hydrogen-bond donors (Lipinski definition) is 2. The smallest absolute Gasteiger partial charge is 0.129 e. The summed E-state index contributed by atoms with van der Waals surface area (Å²) in [6, 6.07) is 4.68. The summed E-state index contributed by atoms with van der Waals surface area (Å²) in [5.74, 6) is -0.254. The molecule has 1 aromatic rings. The molecule has 0 saturated heterocycles. The Morgan fingerprint density at radius 2 is 2.12 bits per heavy atom. The summed E-state index contributed by atoms with van der Waals surface area (Å²) in [5.41, 5.74) is 6.33. The van der Waals surface area contributed by atoms with E-state index in [9.17, 15) is 4.39 Å². The number of thioether (sulfide) groups is 1. The lowest BCUT2D eigenvalue weighted by Crippen LogP contribution is -2.10. The maximum absolute atomic E-state index is 13.6. The Bertz CT molecular complexity index is 344. The first-order chi connectivity index (χ1) is 7.56. The maximum Gasteiger partial charge on any atom is 0.129 e. The summed E-state index contributed by atoms with van der Waals surface area (Å²) in [5, 5.41) is 9.09. The summed E-state index contributed by atoms with van der Waals surface area (Å²) >= 11 is 1.56. The van der Waals surface area contributed by atoms with Gasteiger partial charge in [-0.15, -0.1) is 11.8 Å². The quantitative estimate of drug-likeness (QED) is 0.782. The van der Waals surface area contributed by atoms with Crippen molar-refractivity contribution in [3.8, 4) is 0 Å². The first kappa shape index (κ1) is 13.5. The van der Waals surface area contributed by atoms with Crippen LogP contribution in [0, 0.1) is 5.82 Å². The summed E-state index contributed by atoms with van der Waals surface area (Å²) in [6.45, 7) is 3.94. The summed E-state index contributed by atoms with van der Waals surface area (Å²) in [6.07, 6.45) is 0.694. The maximum atomic E-state index is 13.6. The molecule has 3 N–H and O–H groups in total. The van der Waals surface area contributed by atoms with Gasteiger partial charge in [0, 0.05) is 28.4 Å². The number of benzene rings is 1. The SMILES string of the molecule is CC(CCO)Sc1cccc(F)c1[C@H](C)N. The second-order valence-corrected chi connectivity index (χ2v) is 5.36. The molecule has 1 rings (SSSR count). The molecule has 2 atom stereocenters. The minimum absolute atomic E-state index is 0.150. The van der Waals surface area contributed by atoms with Crippen molar-refractivity contribution in [2.75, 3.05) is 6.61 Å². The van der Waals surface area contributed by atoms with Crippen molar-refractivity contribution < 1.29 is 9.50 Å². The number of aliphatic hydroxyl groups is 1. The highest BCUT2D eigenvalue weighted by Gasteiger charge is 2.14. The Morgan fingerprint density at radius 1 is 1.44 bits per heavy atom. The van der Waals surface area contributed by atoms with Crippen LogP contribution in [0.2, 0.25) is 0 Å². The lowest BCUT2D eigenvalue weighted by atomic mass is 10.1. The van der Waals surface area contributed by atoms with E-state index in [4.69, 9.17) is 10.8 Å². The molecule has 0 aliphatic rings. The van der Waals surface area contributed by atoms with E-state index in [1.807, 2.05) is 13.0 Å². The van der Waals surface area contributed by atoms with Gasteiger partial charge in [-0.1, -0.05) is 13.0 Å². The Labute approximate surface area is 100 Å². The molecule has 0 radical (unpaired) electrons. The molecular formula is C12H18FNOS.